The maximum Gasteiger partial charge on any atom is 0.256 e. The number of carbonyl (C=O) groups excluding carboxylic acids is 3. The van der Waals surface area contributed by atoms with E-state index in [0.29, 0.717) is 21.7 Å². The zero-order chi connectivity index (χ0) is 18.0. The lowest BCUT2D eigenvalue weighted by molar-refractivity contribution is 0.0962. The summed E-state index contributed by atoms with van der Waals surface area (Å²) in [6.07, 6.45) is 4.00. The monoisotopic (exact) mass is 356 g/mol. The molecule has 6 heteroatoms. The fourth-order valence-corrected chi connectivity index (χ4v) is 4.33. The number of benzene rings is 1. The van der Waals surface area contributed by atoms with E-state index >= 15 is 0 Å². The van der Waals surface area contributed by atoms with Crippen molar-refractivity contribution in [2.24, 2.45) is 0 Å². The summed E-state index contributed by atoms with van der Waals surface area (Å²) >= 11 is 1.49. The average molecular weight is 356 g/mol. The van der Waals surface area contributed by atoms with Crippen LogP contribution in [-0.4, -0.2) is 24.6 Å². The van der Waals surface area contributed by atoms with Gasteiger partial charge >= 0.3 is 0 Å². The Kier molecular flexibility index (Phi) is 4.99. The summed E-state index contributed by atoms with van der Waals surface area (Å²) in [6, 6.07) is 6.52. The highest BCUT2D eigenvalue weighted by Gasteiger charge is 2.26. The fourth-order valence-electron chi connectivity index (χ4n) is 3.05. The minimum Gasteiger partial charge on any atom is -0.355 e. The van der Waals surface area contributed by atoms with Crippen molar-refractivity contribution in [1.29, 1.82) is 0 Å². The summed E-state index contributed by atoms with van der Waals surface area (Å²) in [6.45, 7) is 1.49. The normalized spacial score (nSPS) is 13.0. The molecule has 0 bridgehead atoms. The van der Waals surface area contributed by atoms with Crippen LogP contribution < -0.4 is 10.6 Å². The minimum atomic E-state index is -0.279. The van der Waals surface area contributed by atoms with E-state index in [-0.39, 0.29) is 17.6 Å². The van der Waals surface area contributed by atoms with Crippen LogP contribution in [0.5, 0.6) is 0 Å². The molecule has 0 spiro atoms. The Morgan fingerprint density at radius 3 is 2.24 bits per heavy atom. The van der Waals surface area contributed by atoms with Crippen LogP contribution in [0.4, 0.5) is 5.00 Å². The van der Waals surface area contributed by atoms with Crippen molar-refractivity contribution in [2.75, 3.05) is 12.4 Å². The van der Waals surface area contributed by atoms with E-state index in [1.54, 1.807) is 31.3 Å². The van der Waals surface area contributed by atoms with Gasteiger partial charge in [-0.2, -0.15) is 0 Å². The van der Waals surface area contributed by atoms with Crippen LogP contribution in [0, 0.1) is 0 Å². The summed E-state index contributed by atoms with van der Waals surface area (Å²) in [5, 5.41) is 6.16. The van der Waals surface area contributed by atoms with Crippen molar-refractivity contribution >= 4 is 33.9 Å². The molecule has 2 N–H and O–H groups in total. The van der Waals surface area contributed by atoms with Gasteiger partial charge in [-0.3, -0.25) is 14.4 Å². The van der Waals surface area contributed by atoms with Gasteiger partial charge in [0.05, 0.1) is 5.56 Å². The fraction of sp³-hybridized carbons (Fsp3) is 0.316. The van der Waals surface area contributed by atoms with Crippen molar-refractivity contribution in [2.45, 2.75) is 32.6 Å². The number of rotatable bonds is 4. The molecule has 5 nitrogen and oxygen atoms in total. The molecule has 1 aliphatic rings. The number of fused-ring (bicyclic) bond motifs is 1. The van der Waals surface area contributed by atoms with Gasteiger partial charge in [0.15, 0.2) is 5.78 Å². The topological polar surface area (TPSA) is 75.3 Å². The number of hydrogen-bond donors (Lipinski definition) is 2. The van der Waals surface area contributed by atoms with E-state index in [1.165, 1.54) is 23.1 Å². The number of carbonyl (C=O) groups is 3. The first kappa shape index (κ1) is 17.4. The van der Waals surface area contributed by atoms with Crippen molar-refractivity contribution in [1.82, 2.24) is 5.32 Å². The highest BCUT2D eigenvalue weighted by Crippen LogP contribution is 2.38. The third kappa shape index (κ3) is 3.49. The lowest BCUT2D eigenvalue weighted by atomic mass is 9.95. The molecule has 0 saturated heterocycles. The SMILES string of the molecule is CNC(=O)c1c(NC(=O)c2ccc(C(C)=O)cc2)sc2c1CCCC2. The highest BCUT2D eigenvalue weighted by molar-refractivity contribution is 7.17. The minimum absolute atomic E-state index is 0.0419. The standard InChI is InChI=1S/C19H20N2O3S/c1-11(22)12-7-9-13(10-8-12)17(23)21-19-16(18(24)20-2)14-5-3-4-6-15(14)25-19/h7-10H,3-6H2,1-2H3,(H,20,24)(H,21,23). The average Bonchev–Trinajstić information content (AvgIpc) is 2.98. The van der Waals surface area contributed by atoms with Crippen LogP contribution in [0.2, 0.25) is 0 Å². The molecule has 0 fully saturated rings. The number of amides is 2. The third-order valence-corrected chi connectivity index (χ3v) is 5.61. The molecule has 0 aliphatic heterocycles. The molecule has 1 heterocycles. The van der Waals surface area contributed by atoms with Crippen LogP contribution >= 0.6 is 11.3 Å². The van der Waals surface area contributed by atoms with Gasteiger partial charge in [-0.25, -0.2) is 0 Å². The molecule has 0 radical (unpaired) electrons. The molecule has 1 aromatic carbocycles. The van der Waals surface area contributed by atoms with Crippen LogP contribution in [0.15, 0.2) is 24.3 Å². The number of anilines is 1. The van der Waals surface area contributed by atoms with E-state index in [1.807, 2.05) is 0 Å². The molecule has 3 rings (SSSR count). The van der Waals surface area contributed by atoms with E-state index in [4.69, 9.17) is 0 Å². The lowest BCUT2D eigenvalue weighted by Gasteiger charge is -2.12. The van der Waals surface area contributed by atoms with E-state index in [0.717, 1.165) is 31.2 Å². The molecule has 0 unspecified atom stereocenters. The summed E-state index contributed by atoms with van der Waals surface area (Å²) < 4.78 is 0. The summed E-state index contributed by atoms with van der Waals surface area (Å²) in [5.41, 5.74) is 2.68. The summed E-state index contributed by atoms with van der Waals surface area (Å²) in [4.78, 5) is 37.4. The Balaban J connectivity index is 1.89. The molecule has 0 atom stereocenters. The number of hydrogen-bond acceptors (Lipinski definition) is 4. The Hall–Kier alpha value is -2.47. The van der Waals surface area contributed by atoms with Gasteiger partial charge in [0, 0.05) is 23.1 Å². The molecule has 1 aliphatic carbocycles. The van der Waals surface area contributed by atoms with Crippen molar-refractivity contribution in [3.05, 3.63) is 51.4 Å². The van der Waals surface area contributed by atoms with E-state index in [2.05, 4.69) is 10.6 Å². The highest BCUT2D eigenvalue weighted by atomic mass is 32.1. The smallest absolute Gasteiger partial charge is 0.256 e. The number of aryl methyl sites for hydroxylation is 1. The van der Waals surface area contributed by atoms with Crippen LogP contribution in [0.25, 0.3) is 0 Å². The van der Waals surface area contributed by atoms with Crippen molar-refractivity contribution in [3.63, 3.8) is 0 Å². The zero-order valence-electron chi connectivity index (χ0n) is 14.3. The molecular formula is C19H20N2O3S. The first-order valence-corrected chi connectivity index (χ1v) is 9.12. The van der Waals surface area contributed by atoms with Gasteiger partial charge in [0.2, 0.25) is 0 Å². The molecular weight excluding hydrogens is 336 g/mol. The van der Waals surface area contributed by atoms with Gasteiger partial charge in [-0.05, 0) is 50.3 Å². The van der Waals surface area contributed by atoms with Gasteiger partial charge in [0.25, 0.3) is 11.8 Å². The second kappa shape index (κ2) is 7.19. The molecule has 0 saturated carbocycles. The molecule has 2 amide bonds. The predicted molar refractivity (Wildman–Crippen MR) is 98.8 cm³/mol. The largest absolute Gasteiger partial charge is 0.355 e. The first-order valence-electron chi connectivity index (χ1n) is 8.30. The molecule has 130 valence electrons. The van der Waals surface area contributed by atoms with Gasteiger partial charge in [-0.15, -0.1) is 11.3 Å². The molecule has 1 aromatic heterocycles. The first-order chi connectivity index (χ1) is 12.0. The second-order valence-electron chi connectivity index (χ2n) is 6.08. The van der Waals surface area contributed by atoms with Crippen LogP contribution in [0.1, 0.15) is 61.3 Å². The van der Waals surface area contributed by atoms with E-state index in [9.17, 15) is 14.4 Å². The number of nitrogens with one attached hydrogen (secondary N) is 2. The summed E-state index contributed by atoms with van der Waals surface area (Å²) in [5.74, 6) is -0.486. The Bertz CT molecular complexity index is 837. The van der Waals surface area contributed by atoms with Crippen LogP contribution in [0.3, 0.4) is 0 Å². The van der Waals surface area contributed by atoms with Gasteiger partial charge in [0.1, 0.15) is 5.00 Å². The number of Topliss-reactive ketones (excluding diaryl/α,β-unsaturated/α-hetero) is 1. The molecule has 25 heavy (non-hydrogen) atoms. The van der Waals surface area contributed by atoms with Gasteiger partial charge < -0.3 is 10.6 Å². The quantitative estimate of drug-likeness (QED) is 0.824. The zero-order valence-corrected chi connectivity index (χ0v) is 15.1. The maximum absolute atomic E-state index is 12.6. The maximum atomic E-state index is 12.6. The number of thiophene rings is 1. The predicted octanol–water partition coefficient (Wildman–Crippen LogP) is 3.44. The number of ketones is 1. The Labute approximate surface area is 150 Å². The lowest BCUT2D eigenvalue weighted by Crippen LogP contribution is -2.22. The van der Waals surface area contributed by atoms with Crippen LogP contribution in [-0.2, 0) is 12.8 Å². The van der Waals surface area contributed by atoms with Gasteiger partial charge in [-0.1, -0.05) is 12.1 Å². The Morgan fingerprint density at radius 1 is 0.960 bits per heavy atom. The van der Waals surface area contributed by atoms with E-state index < -0.39 is 0 Å². The second-order valence-corrected chi connectivity index (χ2v) is 7.19. The summed E-state index contributed by atoms with van der Waals surface area (Å²) in [7, 11) is 1.60. The van der Waals surface area contributed by atoms with Crippen molar-refractivity contribution < 1.29 is 14.4 Å². The molecule has 2 aromatic rings. The Morgan fingerprint density at radius 2 is 1.60 bits per heavy atom. The third-order valence-electron chi connectivity index (χ3n) is 4.41. The van der Waals surface area contributed by atoms with Crippen molar-refractivity contribution in [3.8, 4) is 0 Å².